The zero-order valence-electron chi connectivity index (χ0n) is 15.3. The fourth-order valence-corrected chi connectivity index (χ4v) is 2.61. The van der Waals surface area contributed by atoms with Crippen molar-refractivity contribution in [2.75, 3.05) is 7.11 Å². The number of nitrogens with one attached hydrogen (secondary N) is 2. The Morgan fingerprint density at radius 2 is 2.15 bits per heavy atom. The zero-order valence-corrected chi connectivity index (χ0v) is 15.3. The van der Waals surface area contributed by atoms with E-state index in [2.05, 4.69) is 15.2 Å². The quantitative estimate of drug-likeness (QED) is 0.403. The van der Waals surface area contributed by atoms with Crippen molar-refractivity contribution in [3.8, 4) is 0 Å². The fraction of sp³-hybridized carbons (Fsp3) is 0.529. The highest BCUT2D eigenvalue weighted by atomic mass is 16.7. The third-order valence-corrected chi connectivity index (χ3v) is 3.70. The smallest absolute Gasteiger partial charge is 0.341 e. The number of methoxy groups -OCH3 is 1. The predicted molar refractivity (Wildman–Crippen MR) is 92.4 cm³/mol. The largest absolute Gasteiger partial charge is 0.469 e. The van der Waals surface area contributed by atoms with Gasteiger partial charge in [0, 0.05) is 11.8 Å². The lowest BCUT2D eigenvalue weighted by Crippen LogP contribution is -2.29. The Balaban J connectivity index is 2.34. The van der Waals surface area contributed by atoms with Crippen LogP contribution in [0.1, 0.15) is 61.3 Å². The van der Waals surface area contributed by atoms with Crippen LogP contribution in [0.5, 0.6) is 0 Å². The Morgan fingerprint density at radius 3 is 2.73 bits per heavy atom. The summed E-state index contributed by atoms with van der Waals surface area (Å²) in [7, 11) is 1.31. The topological polar surface area (TPSA) is 137 Å². The first kappa shape index (κ1) is 19.8. The summed E-state index contributed by atoms with van der Waals surface area (Å²) in [6.07, 6.45) is 1.53. The van der Waals surface area contributed by atoms with Gasteiger partial charge in [-0.1, -0.05) is 0 Å². The molecule has 1 saturated heterocycles. The van der Waals surface area contributed by atoms with Crippen LogP contribution in [0, 0.1) is 5.41 Å². The number of hydroxylamine groups is 1. The number of amidine groups is 1. The summed E-state index contributed by atoms with van der Waals surface area (Å²) in [5.41, 5.74) is 8.42. The van der Waals surface area contributed by atoms with Crippen molar-refractivity contribution in [1.82, 2.24) is 10.5 Å². The van der Waals surface area contributed by atoms with E-state index in [1.165, 1.54) is 19.4 Å². The van der Waals surface area contributed by atoms with Crippen molar-refractivity contribution in [2.45, 2.75) is 51.4 Å². The van der Waals surface area contributed by atoms with E-state index in [1.807, 2.05) is 0 Å². The van der Waals surface area contributed by atoms with Gasteiger partial charge in [-0.2, -0.15) is 5.48 Å². The first-order valence-corrected chi connectivity index (χ1v) is 8.17. The lowest BCUT2D eigenvalue weighted by Gasteiger charge is -2.22. The molecule has 142 valence electrons. The van der Waals surface area contributed by atoms with E-state index in [4.69, 9.17) is 20.7 Å². The van der Waals surface area contributed by atoms with Gasteiger partial charge in [0.2, 0.25) is 0 Å². The number of aromatic nitrogens is 1. The summed E-state index contributed by atoms with van der Waals surface area (Å²) in [5.74, 6) is -1.28. The molecule has 1 aromatic heterocycles. The molecule has 9 nitrogen and oxygen atoms in total. The van der Waals surface area contributed by atoms with Crippen molar-refractivity contribution in [2.24, 2.45) is 5.73 Å². The third kappa shape index (κ3) is 4.77. The number of esters is 2. The van der Waals surface area contributed by atoms with Crippen LogP contribution in [-0.2, 0) is 19.1 Å². The average molecular weight is 364 g/mol. The Kier molecular flexibility index (Phi) is 5.94. The highest BCUT2D eigenvalue weighted by molar-refractivity contribution is 6.06. The summed E-state index contributed by atoms with van der Waals surface area (Å²) in [5, 5.41) is 7.75. The minimum atomic E-state index is -0.717. The normalized spacial score (nSPS) is 19.8. The summed E-state index contributed by atoms with van der Waals surface area (Å²) >= 11 is 0. The van der Waals surface area contributed by atoms with Gasteiger partial charge >= 0.3 is 11.9 Å². The zero-order chi connectivity index (χ0) is 19.5. The van der Waals surface area contributed by atoms with E-state index in [-0.39, 0.29) is 23.4 Å². The third-order valence-electron chi connectivity index (χ3n) is 3.70. The van der Waals surface area contributed by atoms with Gasteiger partial charge in [-0.15, -0.1) is 0 Å². The van der Waals surface area contributed by atoms with Crippen molar-refractivity contribution in [1.29, 1.82) is 5.41 Å². The Labute approximate surface area is 151 Å². The van der Waals surface area contributed by atoms with Crippen LogP contribution in [0.15, 0.2) is 12.3 Å². The van der Waals surface area contributed by atoms with E-state index in [9.17, 15) is 9.59 Å². The predicted octanol–water partition coefficient (Wildman–Crippen LogP) is 1.22. The van der Waals surface area contributed by atoms with Crippen molar-refractivity contribution in [3.05, 3.63) is 29.1 Å². The second-order valence-corrected chi connectivity index (χ2v) is 6.96. The Hall–Kier alpha value is -2.52. The van der Waals surface area contributed by atoms with Gasteiger partial charge in [0.25, 0.3) is 0 Å². The van der Waals surface area contributed by atoms with Crippen molar-refractivity contribution < 1.29 is 23.9 Å². The van der Waals surface area contributed by atoms with E-state index in [0.29, 0.717) is 12.1 Å². The van der Waals surface area contributed by atoms with Gasteiger partial charge in [0.1, 0.15) is 11.4 Å². The van der Waals surface area contributed by atoms with E-state index >= 15 is 0 Å². The van der Waals surface area contributed by atoms with Crippen molar-refractivity contribution in [3.63, 3.8) is 0 Å². The van der Waals surface area contributed by atoms with Crippen LogP contribution in [0.2, 0.25) is 0 Å². The lowest BCUT2D eigenvalue weighted by atomic mass is 9.97. The molecular formula is C17H24N4O5. The van der Waals surface area contributed by atoms with Gasteiger partial charge in [-0.3, -0.25) is 20.0 Å². The number of carbonyl (C=O) groups excluding carboxylic acids is 2. The average Bonchev–Trinajstić information content (AvgIpc) is 3.00. The molecule has 2 unspecified atom stereocenters. The maximum Gasteiger partial charge on any atom is 0.341 e. The molecule has 0 amide bonds. The second kappa shape index (κ2) is 7.79. The standard InChI is InChI=1S/C17H24N4O5/c1-17(2,3)25-16(23)13-10(15(18)19)5-6-20-14(13)11-7-9(26-21-11)8-12(22)24-4/h5-6,9,11,21H,7-8H2,1-4H3,(H3,18,19). The number of ether oxygens (including phenoxy) is 2. The summed E-state index contributed by atoms with van der Waals surface area (Å²) < 4.78 is 10.1. The molecule has 4 N–H and O–H groups in total. The Bertz CT molecular complexity index is 714. The maximum absolute atomic E-state index is 12.7. The number of hydrogen-bond acceptors (Lipinski definition) is 8. The first-order chi connectivity index (χ1) is 12.1. The molecule has 0 aromatic carbocycles. The number of carbonyl (C=O) groups is 2. The van der Waals surface area contributed by atoms with E-state index in [0.717, 1.165) is 0 Å². The monoisotopic (exact) mass is 364 g/mol. The van der Waals surface area contributed by atoms with Gasteiger partial charge in [0.15, 0.2) is 0 Å². The van der Waals surface area contributed by atoms with Crippen LogP contribution in [0.3, 0.4) is 0 Å². The molecule has 0 bridgehead atoms. The molecule has 2 rings (SSSR count). The summed E-state index contributed by atoms with van der Waals surface area (Å²) in [4.78, 5) is 33.8. The minimum absolute atomic E-state index is 0.0775. The SMILES string of the molecule is COC(=O)CC1CC(c2nccc(C(=N)N)c2C(=O)OC(C)(C)C)NO1. The lowest BCUT2D eigenvalue weighted by molar-refractivity contribution is -0.143. The minimum Gasteiger partial charge on any atom is -0.469 e. The van der Waals surface area contributed by atoms with Crippen LogP contribution in [0.4, 0.5) is 0 Å². The number of nitrogens with zero attached hydrogens (tertiary/aromatic N) is 1. The number of rotatable bonds is 5. The molecule has 0 radical (unpaired) electrons. The molecule has 1 aliphatic rings. The van der Waals surface area contributed by atoms with E-state index in [1.54, 1.807) is 20.8 Å². The van der Waals surface area contributed by atoms with Gasteiger partial charge in [0.05, 0.1) is 36.9 Å². The molecule has 1 aliphatic heterocycles. The Morgan fingerprint density at radius 1 is 1.46 bits per heavy atom. The molecule has 0 saturated carbocycles. The second-order valence-electron chi connectivity index (χ2n) is 6.96. The summed E-state index contributed by atoms with van der Waals surface area (Å²) in [6.45, 7) is 5.24. The molecule has 1 aromatic rings. The van der Waals surface area contributed by atoms with Gasteiger partial charge in [-0.25, -0.2) is 4.79 Å². The van der Waals surface area contributed by atoms with Gasteiger partial charge < -0.3 is 15.2 Å². The molecular weight excluding hydrogens is 340 g/mol. The first-order valence-electron chi connectivity index (χ1n) is 8.17. The number of hydrogen-bond donors (Lipinski definition) is 3. The summed E-state index contributed by atoms with van der Waals surface area (Å²) in [6, 6.07) is 1.04. The number of nitrogens with two attached hydrogens (primary N) is 1. The molecule has 1 fully saturated rings. The maximum atomic E-state index is 12.7. The highest BCUT2D eigenvalue weighted by Gasteiger charge is 2.34. The number of pyridine rings is 1. The van der Waals surface area contributed by atoms with Crippen LogP contribution in [-0.4, -0.2) is 41.6 Å². The molecule has 2 atom stereocenters. The molecule has 26 heavy (non-hydrogen) atoms. The van der Waals surface area contributed by atoms with Crippen LogP contribution >= 0.6 is 0 Å². The van der Waals surface area contributed by atoms with E-state index < -0.39 is 29.7 Å². The highest BCUT2D eigenvalue weighted by Crippen LogP contribution is 2.30. The van der Waals surface area contributed by atoms with Crippen molar-refractivity contribution >= 4 is 17.8 Å². The van der Waals surface area contributed by atoms with Crippen LogP contribution < -0.4 is 11.2 Å². The van der Waals surface area contributed by atoms with Gasteiger partial charge in [-0.05, 0) is 33.3 Å². The molecule has 9 heteroatoms. The fourth-order valence-electron chi connectivity index (χ4n) is 2.61. The van der Waals surface area contributed by atoms with Crippen LogP contribution in [0.25, 0.3) is 0 Å². The molecule has 0 spiro atoms. The molecule has 0 aliphatic carbocycles. The number of nitrogen functional groups attached to an aromatic ring is 1. The molecule has 2 heterocycles.